The van der Waals surface area contributed by atoms with Crippen LogP contribution in [0.2, 0.25) is 0 Å². The van der Waals surface area contributed by atoms with Crippen LogP contribution in [0.15, 0.2) is 0 Å². The van der Waals surface area contributed by atoms with Crippen LogP contribution >= 0.6 is 31.9 Å². The molecule has 0 saturated carbocycles. The Morgan fingerprint density at radius 1 is 1.57 bits per heavy atom. The highest BCUT2D eigenvalue weighted by atomic mass is 79.9. The number of hydrogen-bond acceptors (Lipinski definition) is 1. The van der Waals surface area contributed by atoms with Gasteiger partial charge in [0.15, 0.2) is 0 Å². The predicted molar refractivity (Wildman–Crippen MR) is 37.9 cm³/mol. The minimum absolute atomic E-state index is 0.359. The molecule has 7 heavy (non-hydrogen) atoms. The zero-order chi connectivity index (χ0) is 5.86. The maximum Gasteiger partial charge on any atom is 0.110 e. The normalized spacial score (nSPS) is 18.9. The van der Waals surface area contributed by atoms with Gasteiger partial charge in [-0.1, -0.05) is 38.8 Å². The van der Waals surface area contributed by atoms with Crippen molar-refractivity contribution in [1.82, 2.24) is 0 Å². The summed E-state index contributed by atoms with van der Waals surface area (Å²) in [7, 11) is 0. The monoisotopic (exact) mass is 230 g/mol. The standard InChI is InChI=1S/C4H8Br2O/c1-3(5)2-4(6)7/h3-4,7H,2H2,1H3. The van der Waals surface area contributed by atoms with E-state index in [4.69, 9.17) is 5.11 Å². The molecule has 0 aliphatic rings. The highest BCUT2D eigenvalue weighted by molar-refractivity contribution is 9.10. The van der Waals surface area contributed by atoms with E-state index in [0.717, 1.165) is 6.42 Å². The molecule has 0 aromatic rings. The molecular weight excluding hydrogens is 224 g/mol. The molecule has 0 aromatic heterocycles. The summed E-state index contributed by atoms with van der Waals surface area (Å²) >= 11 is 6.29. The SMILES string of the molecule is CC(Br)CC(O)Br. The third-order valence-corrected chi connectivity index (χ3v) is 1.27. The minimum Gasteiger partial charge on any atom is -0.382 e. The van der Waals surface area contributed by atoms with Gasteiger partial charge in [-0.05, 0) is 6.42 Å². The Bertz CT molecular complexity index is 39.0. The van der Waals surface area contributed by atoms with Crippen LogP contribution in [0.5, 0.6) is 0 Å². The fourth-order valence-electron chi connectivity index (χ4n) is 0.268. The van der Waals surface area contributed by atoms with E-state index < -0.39 is 0 Å². The zero-order valence-corrected chi connectivity index (χ0v) is 7.24. The van der Waals surface area contributed by atoms with Gasteiger partial charge in [0, 0.05) is 4.83 Å². The highest BCUT2D eigenvalue weighted by Gasteiger charge is 2.00. The Morgan fingerprint density at radius 3 is 2.00 bits per heavy atom. The van der Waals surface area contributed by atoms with Crippen LogP contribution < -0.4 is 0 Å². The number of rotatable bonds is 2. The fourth-order valence-corrected chi connectivity index (χ4v) is 1.68. The Kier molecular flexibility index (Phi) is 4.37. The van der Waals surface area contributed by atoms with Gasteiger partial charge in [0.25, 0.3) is 0 Å². The summed E-state index contributed by atoms with van der Waals surface area (Å²) in [4.78, 5) is 0.391. The van der Waals surface area contributed by atoms with Gasteiger partial charge in [-0.25, -0.2) is 0 Å². The first-order chi connectivity index (χ1) is 3.13. The Labute approximate surface area is 60.4 Å². The minimum atomic E-state index is -0.359. The van der Waals surface area contributed by atoms with Crippen molar-refractivity contribution < 1.29 is 5.11 Å². The highest BCUT2D eigenvalue weighted by Crippen LogP contribution is 2.10. The summed E-state index contributed by atoms with van der Waals surface area (Å²) in [5.74, 6) is 0. The van der Waals surface area contributed by atoms with E-state index >= 15 is 0 Å². The largest absolute Gasteiger partial charge is 0.382 e. The molecule has 0 rings (SSSR count). The Balaban J connectivity index is 2.95. The molecule has 44 valence electrons. The molecule has 0 aliphatic carbocycles. The lowest BCUT2D eigenvalue weighted by Crippen LogP contribution is -2.01. The lowest BCUT2D eigenvalue weighted by molar-refractivity contribution is 0.261. The lowest BCUT2D eigenvalue weighted by Gasteiger charge is -2.01. The van der Waals surface area contributed by atoms with Crippen molar-refractivity contribution in [3.8, 4) is 0 Å². The molecule has 0 radical (unpaired) electrons. The van der Waals surface area contributed by atoms with Crippen molar-refractivity contribution in [1.29, 1.82) is 0 Å². The van der Waals surface area contributed by atoms with E-state index in [9.17, 15) is 0 Å². The predicted octanol–water partition coefficient (Wildman–Crippen LogP) is 1.87. The number of halogens is 2. The van der Waals surface area contributed by atoms with Gasteiger partial charge in [-0.2, -0.15) is 0 Å². The Hall–Kier alpha value is 0.920. The van der Waals surface area contributed by atoms with E-state index in [1.165, 1.54) is 0 Å². The molecule has 0 fully saturated rings. The van der Waals surface area contributed by atoms with Gasteiger partial charge in [-0.3, -0.25) is 0 Å². The summed E-state index contributed by atoms with van der Waals surface area (Å²) in [6.07, 6.45) is 0.750. The van der Waals surface area contributed by atoms with E-state index in [-0.39, 0.29) is 5.01 Å². The van der Waals surface area contributed by atoms with Crippen molar-refractivity contribution >= 4 is 31.9 Å². The van der Waals surface area contributed by atoms with Gasteiger partial charge >= 0.3 is 0 Å². The molecule has 1 nitrogen and oxygen atoms in total. The number of aliphatic hydroxyl groups excluding tert-OH is 1. The van der Waals surface area contributed by atoms with Crippen molar-refractivity contribution in [2.75, 3.05) is 0 Å². The van der Waals surface area contributed by atoms with Crippen LogP contribution in [0.25, 0.3) is 0 Å². The van der Waals surface area contributed by atoms with E-state index in [1.54, 1.807) is 0 Å². The fraction of sp³-hybridized carbons (Fsp3) is 1.00. The maximum atomic E-state index is 8.61. The van der Waals surface area contributed by atoms with Gasteiger partial charge in [0.05, 0.1) is 0 Å². The molecule has 0 spiro atoms. The summed E-state index contributed by atoms with van der Waals surface area (Å²) in [5.41, 5.74) is 0. The molecule has 0 aromatic carbocycles. The van der Waals surface area contributed by atoms with Crippen LogP contribution in [0.1, 0.15) is 13.3 Å². The summed E-state index contributed by atoms with van der Waals surface area (Å²) in [6, 6.07) is 0. The quantitative estimate of drug-likeness (QED) is 0.720. The zero-order valence-electron chi connectivity index (χ0n) is 4.06. The van der Waals surface area contributed by atoms with Crippen LogP contribution in [-0.4, -0.2) is 14.9 Å². The average Bonchev–Trinajstić information content (AvgIpc) is 1.27. The number of alkyl halides is 2. The molecule has 1 N–H and O–H groups in total. The molecular formula is C4H8Br2O. The van der Waals surface area contributed by atoms with E-state index in [0.29, 0.717) is 4.83 Å². The van der Waals surface area contributed by atoms with Crippen LogP contribution in [0.3, 0.4) is 0 Å². The van der Waals surface area contributed by atoms with Crippen molar-refractivity contribution in [3.05, 3.63) is 0 Å². The smallest absolute Gasteiger partial charge is 0.110 e. The topological polar surface area (TPSA) is 20.2 Å². The van der Waals surface area contributed by atoms with Gasteiger partial charge < -0.3 is 5.11 Å². The molecule has 0 amide bonds. The van der Waals surface area contributed by atoms with Crippen molar-refractivity contribution in [2.45, 2.75) is 23.2 Å². The van der Waals surface area contributed by atoms with E-state index in [1.807, 2.05) is 6.92 Å². The average molecular weight is 232 g/mol. The molecule has 0 aliphatic heterocycles. The maximum absolute atomic E-state index is 8.61. The number of aliphatic hydroxyl groups is 1. The van der Waals surface area contributed by atoms with Gasteiger partial charge in [0.1, 0.15) is 5.01 Å². The van der Waals surface area contributed by atoms with Crippen molar-refractivity contribution in [3.63, 3.8) is 0 Å². The number of hydrogen-bond donors (Lipinski definition) is 1. The molecule has 0 saturated heterocycles. The first-order valence-electron chi connectivity index (χ1n) is 2.09. The Morgan fingerprint density at radius 2 is 2.00 bits per heavy atom. The van der Waals surface area contributed by atoms with E-state index in [2.05, 4.69) is 31.9 Å². The molecule has 3 heteroatoms. The molecule has 0 heterocycles. The van der Waals surface area contributed by atoms with Crippen molar-refractivity contribution in [2.24, 2.45) is 0 Å². The molecule has 2 atom stereocenters. The first-order valence-corrected chi connectivity index (χ1v) is 3.92. The van der Waals surface area contributed by atoms with Gasteiger partial charge in [0.2, 0.25) is 0 Å². The second-order valence-corrected chi connectivity index (χ2v) is 4.07. The van der Waals surface area contributed by atoms with Crippen LogP contribution in [0, 0.1) is 0 Å². The second-order valence-electron chi connectivity index (χ2n) is 1.45. The third-order valence-electron chi connectivity index (χ3n) is 0.519. The van der Waals surface area contributed by atoms with Gasteiger partial charge in [-0.15, -0.1) is 0 Å². The van der Waals surface area contributed by atoms with Crippen LogP contribution in [0.4, 0.5) is 0 Å². The van der Waals surface area contributed by atoms with Crippen LogP contribution in [-0.2, 0) is 0 Å². The lowest BCUT2D eigenvalue weighted by atomic mass is 10.4. The summed E-state index contributed by atoms with van der Waals surface area (Å²) in [5, 5.41) is 8.25. The third kappa shape index (κ3) is 6.92. The second kappa shape index (κ2) is 3.87. The molecule has 0 bridgehead atoms. The molecule has 2 unspecified atom stereocenters. The summed E-state index contributed by atoms with van der Waals surface area (Å²) in [6.45, 7) is 1.99. The first kappa shape index (κ1) is 7.92. The summed E-state index contributed by atoms with van der Waals surface area (Å²) < 4.78 is 0.